The maximum absolute atomic E-state index is 9.56. The predicted molar refractivity (Wildman–Crippen MR) is 317 cm³/mol. The van der Waals surface area contributed by atoms with Crippen molar-refractivity contribution in [3.8, 4) is 0 Å². The van der Waals surface area contributed by atoms with E-state index in [1.807, 2.05) is 25.2 Å². The average Bonchev–Trinajstić information content (AvgIpc) is 2.93. The molecule has 2 rings (SSSR count). The van der Waals surface area contributed by atoms with Crippen LogP contribution in [0.1, 0.15) is 0 Å². The van der Waals surface area contributed by atoms with Crippen molar-refractivity contribution in [2.45, 2.75) is 196 Å². The zero-order chi connectivity index (χ0) is 53.1. The first-order chi connectivity index (χ1) is 28.6. The molecule has 2 aromatic rings. The molecule has 2 aromatic carbocycles. The molecule has 0 atom stereocenters. The van der Waals surface area contributed by atoms with E-state index in [2.05, 4.69) is 206 Å². The van der Waals surface area contributed by atoms with Gasteiger partial charge in [0.1, 0.15) is 0 Å². The highest BCUT2D eigenvalue weighted by atomic mass is 28.5. The first kappa shape index (κ1) is 68.9. The van der Waals surface area contributed by atoms with E-state index in [0.29, 0.717) is 0 Å². The number of rotatable bonds is 20. The van der Waals surface area contributed by atoms with Gasteiger partial charge in [-0.3, -0.25) is 0 Å². The van der Waals surface area contributed by atoms with Crippen molar-refractivity contribution in [2.75, 3.05) is 0 Å². The highest BCUT2D eigenvalue weighted by Gasteiger charge is 2.51. The van der Waals surface area contributed by atoms with Crippen LogP contribution in [0, 0.1) is 0 Å². The lowest BCUT2D eigenvalue weighted by molar-refractivity contribution is 0.293. The molecule has 0 bridgehead atoms. The Labute approximate surface area is 420 Å². The summed E-state index contributed by atoms with van der Waals surface area (Å²) < 4.78 is 55.9. The van der Waals surface area contributed by atoms with Gasteiger partial charge in [-0.1, -0.05) is 60.7 Å². The molecule has 0 saturated carbocycles. The van der Waals surface area contributed by atoms with E-state index < -0.39 is 110 Å². The first-order valence-corrected chi connectivity index (χ1v) is 62.7. The second kappa shape index (κ2) is 25.7. The monoisotopic (exact) mass is 1150 g/mol. The molecule has 0 amide bonds. The summed E-state index contributed by atoms with van der Waals surface area (Å²) in [6.45, 7) is 63.4. The molecule has 66 heavy (non-hydrogen) atoms. The van der Waals surface area contributed by atoms with E-state index in [-0.39, 0.29) is 0 Å². The summed E-state index contributed by atoms with van der Waals surface area (Å²) >= 11 is 0. The maximum atomic E-state index is 9.56. The predicted octanol–water partition coefficient (Wildman–Crippen LogP) is 12.6. The van der Waals surface area contributed by atoms with Gasteiger partial charge in [-0.15, -0.1) is 0 Å². The minimum Gasteiger partial charge on any atom is -0.437 e. The van der Waals surface area contributed by atoms with Crippen LogP contribution in [0.25, 0.3) is 0 Å². The van der Waals surface area contributed by atoms with Crippen molar-refractivity contribution in [3.63, 3.8) is 0 Å². The van der Waals surface area contributed by atoms with Gasteiger partial charge >= 0.3 is 59.9 Å². The Morgan fingerprint density at radius 3 is 0.606 bits per heavy atom. The Hall–Kier alpha value is 0.819. The number of hydrogen-bond donors (Lipinski definition) is 2. The fourth-order valence-corrected chi connectivity index (χ4v) is 59.0. The molecule has 0 aliphatic heterocycles. The third-order valence-corrected chi connectivity index (χ3v) is 45.8. The Morgan fingerprint density at radius 1 is 0.242 bits per heavy atom. The quantitative estimate of drug-likeness (QED) is 0.123. The van der Waals surface area contributed by atoms with Gasteiger partial charge in [0.15, 0.2) is 49.9 Å². The Morgan fingerprint density at radius 2 is 0.424 bits per heavy atom. The molecule has 2 N–H and O–H groups in total. The van der Waals surface area contributed by atoms with Crippen LogP contribution in [0.2, 0.25) is 196 Å². The van der Waals surface area contributed by atoms with Crippen molar-refractivity contribution in [3.05, 3.63) is 60.7 Å². The topological polar surface area (TPSA) is 124 Å². The fraction of sp³-hybridized carbons (Fsp3) is 0.714. The van der Waals surface area contributed by atoms with E-state index >= 15 is 0 Å². The van der Waals surface area contributed by atoms with Crippen molar-refractivity contribution in [2.24, 2.45) is 0 Å². The van der Waals surface area contributed by atoms with Crippen LogP contribution in [-0.2, 0) is 37.0 Å². The van der Waals surface area contributed by atoms with Crippen LogP contribution in [0.3, 0.4) is 0 Å². The average molecular weight is 1150 g/mol. The molecule has 0 aliphatic carbocycles. The fourth-order valence-electron chi connectivity index (χ4n) is 7.49. The summed E-state index contributed by atoms with van der Waals surface area (Å²) in [4.78, 5) is 19.1. The van der Waals surface area contributed by atoms with Crippen molar-refractivity contribution in [1.29, 1.82) is 0 Å². The molecule has 0 radical (unpaired) electrons. The summed E-state index contributed by atoms with van der Waals surface area (Å²) in [6, 6.07) is 21.0. The highest BCUT2D eigenvalue weighted by molar-refractivity contribution is 7.02. The summed E-state index contributed by atoms with van der Waals surface area (Å²) in [6.07, 6.45) is 0. The van der Waals surface area contributed by atoms with Crippen LogP contribution in [0.15, 0.2) is 60.7 Å². The molecule has 0 fully saturated rings. The van der Waals surface area contributed by atoms with Crippen LogP contribution in [0.4, 0.5) is 0 Å². The zero-order valence-electron chi connectivity index (χ0n) is 47.8. The molecule has 0 unspecified atom stereocenters. The summed E-state index contributed by atoms with van der Waals surface area (Å²) in [5, 5.41) is 2.30. The van der Waals surface area contributed by atoms with Crippen molar-refractivity contribution < 1.29 is 46.6 Å². The number of benzene rings is 2. The van der Waals surface area contributed by atoms with E-state index in [4.69, 9.17) is 37.0 Å². The molecule has 0 spiro atoms. The van der Waals surface area contributed by atoms with Crippen molar-refractivity contribution in [1.82, 2.24) is 0 Å². The normalized spacial score (nSPS) is 14.3. The van der Waals surface area contributed by atoms with Crippen molar-refractivity contribution >= 4 is 120 Å². The minimum atomic E-state index is -2.90. The first-order valence-electron chi connectivity index (χ1n) is 23.4. The molecular weight excluding hydrogens is 1050 g/mol. The Kier molecular flexibility index (Phi) is 26.8. The van der Waals surface area contributed by atoms with Crippen LogP contribution < -0.4 is 10.4 Å². The van der Waals surface area contributed by atoms with Gasteiger partial charge in [0, 0.05) is 0 Å². The maximum Gasteiger partial charge on any atom is 0.388 e. The lowest BCUT2D eigenvalue weighted by Crippen LogP contribution is -2.71. The van der Waals surface area contributed by atoms with Gasteiger partial charge in [0.2, 0.25) is 0 Å². The Bertz CT molecular complexity index is 1480. The minimum absolute atomic E-state index is 1.15. The van der Waals surface area contributed by atoms with Crippen LogP contribution in [0.5, 0.6) is 0 Å². The van der Waals surface area contributed by atoms with Gasteiger partial charge in [-0.05, 0) is 207 Å². The van der Waals surface area contributed by atoms with Gasteiger partial charge in [0.25, 0.3) is 0 Å². The van der Waals surface area contributed by atoms with E-state index in [1.54, 1.807) is 26.2 Å². The molecule has 0 aromatic heterocycles. The summed E-state index contributed by atoms with van der Waals surface area (Å²) in [5.41, 5.74) is 0. The standard InChI is InChI=1S/C20H34O3Si4.2C8H24O2Si3.C6H20O4Si3/c1-24(2,3)21-26(7,8)23-27(22-25(4,5)6,19-15-11-9-12-16-19)20-17-13-10-14-18-20;2*1-11(2,3)9-13(7,8)10-12(4,5)6;1-11(2,7)9-13(5,6)10-12(3,4)8/h9-18H,1-8H3;2*1-8H3;7-8H,1-6H3. The van der Waals surface area contributed by atoms with Gasteiger partial charge in [-0.2, -0.15) is 0 Å². The SMILES string of the molecule is C[Si](C)(C)O[Si](C)(C)O[Si](C)(C)C.C[Si](C)(C)O[Si](C)(C)O[Si](C)(C)C.C[Si](C)(C)O[Si](C)(C)O[Si](O[Si](C)(C)C)(c1ccccc1)c1ccccc1.C[Si](C)(O)O[Si](C)(C)O[Si](C)(C)O. The lowest BCUT2D eigenvalue weighted by Gasteiger charge is -2.43. The molecule has 0 heterocycles. The second-order valence-corrected chi connectivity index (χ2v) is 77.5. The molecule has 11 nitrogen and oxygen atoms in total. The largest absolute Gasteiger partial charge is 0.437 e. The third-order valence-electron chi connectivity index (χ3n) is 6.90. The molecule has 24 heteroatoms. The molecule has 388 valence electrons. The zero-order valence-corrected chi connectivity index (χ0v) is 60.8. The van der Waals surface area contributed by atoms with E-state index in [0.717, 1.165) is 10.4 Å². The highest BCUT2D eigenvalue weighted by Crippen LogP contribution is 2.26. The summed E-state index contributed by atoms with van der Waals surface area (Å²) in [7, 11) is -25.8. The molecule has 0 aliphatic rings. The lowest BCUT2D eigenvalue weighted by atomic mass is 10.4. The molecule has 0 saturated heterocycles. The van der Waals surface area contributed by atoms with E-state index in [1.165, 1.54) is 0 Å². The van der Waals surface area contributed by atoms with Crippen LogP contribution >= 0.6 is 0 Å². The Balaban J connectivity index is 0. The second-order valence-electron chi connectivity index (χ2n) is 25.4. The van der Waals surface area contributed by atoms with E-state index in [9.17, 15) is 9.59 Å². The molecular formula is C42H102O11Si13. The van der Waals surface area contributed by atoms with Gasteiger partial charge in [0.05, 0.1) is 0 Å². The number of hydrogen-bond acceptors (Lipinski definition) is 11. The third kappa shape index (κ3) is 38.5. The van der Waals surface area contributed by atoms with Gasteiger partial charge < -0.3 is 46.6 Å². The van der Waals surface area contributed by atoms with Gasteiger partial charge in [-0.25, -0.2) is 0 Å². The smallest absolute Gasteiger partial charge is 0.388 e. The van der Waals surface area contributed by atoms with Crippen LogP contribution in [-0.4, -0.2) is 119 Å². The summed E-state index contributed by atoms with van der Waals surface area (Å²) in [5.74, 6) is 0.